The Morgan fingerprint density at radius 1 is 1.45 bits per heavy atom. The van der Waals surface area contributed by atoms with E-state index in [1.165, 1.54) is 37.0 Å². The van der Waals surface area contributed by atoms with E-state index < -0.39 is 0 Å². The largest absolute Gasteiger partial charge is 0.396 e. The fourth-order valence-electron chi connectivity index (χ4n) is 2.47. The van der Waals surface area contributed by atoms with Crippen LogP contribution in [0.5, 0.6) is 0 Å². The topological polar surface area (TPSA) is 67.2 Å². The SMILES string of the molecule is CCCNC(=O)c1sc(NC2CCCC2)c(SC)c1N. The Morgan fingerprint density at radius 3 is 2.75 bits per heavy atom. The van der Waals surface area contributed by atoms with Gasteiger partial charge in [0.25, 0.3) is 5.91 Å². The maximum absolute atomic E-state index is 12.1. The molecule has 1 aromatic heterocycles. The number of thioether (sulfide) groups is 1. The van der Waals surface area contributed by atoms with E-state index in [4.69, 9.17) is 5.73 Å². The number of rotatable bonds is 6. The van der Waals surface area contributed by atoms with Crippen LogP contribution in [-0.4, -0.2) is 24.7 Å². The summed E-state index contributed by atoms with van der Waals surface area (Å²) >= 11 is 3.10. The van der Waals surface area contributed by atoms with Gasteiger partial charge in [-0.1, -0.05) is 19.8 Å². The monoisotopic (exact) mass is 313 g/mol. The van der Waals surface area contributed by atoms with E-state index in [-0.39, 0.29) is 5.91 Å². The van der Waals surface area contributed by atoms with Crippen molar-refractivity contribution in [2.75, 3.05) is 23.9 Å². The van der Waals surface area contributed by atoms with Gasteiger partial charge in [-0.2, -0.15) is 0 Å². The zero-order chi connectivity index (χ0) is 14.5. The van der Waals surface area contributed by atoms with Gasteiger partial charge in [-0.25, -0.2) is 0 Å². The Kier molecular flexibility index (Phi) is 5.60. The van der Waals surface area contributed by atoms with Crippen molar-refractivity contribution in [3.05, 3.63) is 4.88 Å². The van der Waals surface area contributed by atoms with E-state index in [1.807, 2.05) is 13.2 Å². The van der Waals surface area contributed by atoms with Crippen LogP contribution < -0.4 is 16.4 Å². The summed E-state index contributed by atoms with van der Waals surface area (Å²) in [6.45, 7) is 2.73. The van der Waals surface area contributed by atoms with Crippen molar-refractivity contribution in [1.29, 1.82) is 0 Å². The van der Waals surface area contributed by atoms with Crippen LogP contribution in [0.25, 0.3) is 0 Å². The first-order valence-corrected chi connectivity index (χ1v) is 9.22. The highest BCUT2D eigenvalue weighted by Crippen LogP contribution is 2.42. The second-order valence-corrected chi connectivity index (χ2v) is 6.93. The van der Waals surface area contributed by atoms with Gasteiger partial charge < -0.3 is 16.4 Å². The third kappa shape index (κ3) is 3.41. The van der Waals surface area contributed by atoms with Crippen molar-refractivity contribution in [3.63, 3.8) is 0 Å². The van der Waals surface area contributed by atoms with Crippen molar-refractivity contribution in [2.45, 2.75) is 50.0 Å². The average molecular weight is 313 g/mol. The maximum Gasteiger partial charge on any atom is 0.263 e. The summed E-state index contributed by atoms with van der Waals surface area (Å²) in [5.41, 5.74) is 6.77. The van der Waals surface area contributed by atoms with Crippen molar-refractivity contribution < 1.29 is 4.79 Å². The lowest BCUT2D eigenvalue weighted by atomic mass is 10.2. The highest BCUT2D eigenvalue weighted by Gasteiger charge is 2.23. The first-order valence-electron chi connectivity index (χ1n) is 7.18. The summed E-state index contributed by atoms with van der Waals surface area (Å²) in [5.74, 6) is -0.0517. The fraction of sp³-hybridized carbons (Fsp3) is 0.643. The summed E-state index contributed by atoms with van der Waals surface area (Å²) in [4.78, 5) is 13.8. The number of carbonyl (C=O) groups is 1. The van der Waals surface area contributed by atoms with Crippen molar-refractivity contribution in [2.24, 2.45) is 0 Å². The third-order valence-electron chi connectivity index (χ3n) is 3.54. The molecule has 1 aromatic rings. The molecule has 4 nitrogen and oxygen atoms in total. The molecule has 4 N–H and O–H groups in total. The van der Waals surface area contributed by atoms with Gasteiger partial charge in [-0.3, -0.25) is 4.79 Å². The Bertz CT molecular complexity index is 467. The molecule has 1 fully saturated rings. The van der Waals surface area contributed by atoms with Gasteiger partial charge in [0.2, 0.25) is 0 Å². The maximum atomic E-state index is 12.1. The van der Waals surface area contributed by atoms with Crippen LogP contribution >= 0.6 is 23.1 Å². The van der Waals surface area contributed by atoms with E-state index in [1.54, 1.807) is 11.8 Å². The van der Waals surface area contributed by atoms with E-state index in [2.05, 4.69) is 10.6 Å². The molecule has 1 aliphatic rings. The van der Waals surface area contributed by atoms with Crippen LogP contribution in [0.2, 0.25) is 0 Å². The predicted molar refractivity (Wildman–Crippen MR) is 89.0 cm³/mol. The van der Waals surface area contributed by atoms with Gasteiger partial charge in [-0.05, 0) is 25.5 Å². The molecule has 0 radical (unpaired) electrons. The van der Waals surface area contributed by atoms with Crippen molar-refractivity contribution in [1.82, 2.24) is 5.32 Å². The molecule has 0 atom stereocenters. The molecule has 1 saturated carbocycles. The van der Waals surface area contributed by atoms with Gasteiger partial charge in [0.15, 0.2) is 0 Å². The summed E-state index contributed by atoms with van der Waals surface area (Å²) in [5, 5.41) is 7.53. The molecule has 0 spiro atoms. The molecule has 0 bridgehead atoms. The van der Waals surface area contributed by atoms with E-state index in [9.17, 15) is 4.79 Å². The van der Waals surface area contributed by atoms with Crippen LogP contribution in [-0.2, 0) is 0 Å². The highest BCUT2D eigenvalue weighted by atomic mass is 32.2. The minimum Gasteiger partial charge on any atom is -0.396 e. The molecule has 1 aliphatic carbocycles. The lowest BCUT2D eigenvalue weighted by Crippen LogP contribution is -2.23. The molecule has 1 heterocycles. The molecule has 112 valence electrons. The highest BCUT2D eigenvalue weighted by molar-refractivity contribution is 7.99. The first kappa shape index (κ1) is 15.5. The van der Waals surface area contributed by atoms with Crippen LogP contribution in [0.15, 0.2) is 4.90 Å². The number of thiophene rings is 1. The van der Waals surface area contributed by atoms with Crippen LogP contribution in [0.3, 0.4) is 0 Å². The Balaban J connectivity index is 2.16. The Labute approximate surface area is 128 Å². The van der Waals surface area contributed by atoms with Crippen molar-refractivity contribution >= 4 is 39.7 Å². The zero-order valence-corrected chi connectivity index (χ0v) is 13.8. The summed E-state index contributed by atoms with van der Waals surface area (Å²) in [6.07, 6.45) is 7.94. The number of hydrogen-bond donors (Lipinski definition) is 3. The van der Waals surface area contributed by atoms with Crippen molar-refractivity contribution in [3.8, 4) is 0 Å². The smallest absolute Gasteiger partial charge is 0.263 e. The molecule has 2 rings (SSSR count). The second kappa shape index (κ2) is 7.22. The molecular weight excluding hydrogens is 290 g/mol. The number of nitrogens with one attached hydrogen (secondary N) is 2. The molecule has 0 saturated heterocycles. The van der Waals surface area contributed by atoms with Crippen LogP contribution in [0.4, 0.5) is 10.7 Å². The van der Waals surface area contributed by atoms with Crippen LogP contribution in [0, 0.1) is 0 Å². The molecule has 1 amide bonds. The quantitative estimate of drug-likeness (QED) is 0.703. The molecule has 0 aliphatic heterocycles. The standard InChI is InChI=1S/C14H23N3OS2/c1-3-8-16-13(18)11-10(15)12(19-2)14(20-11)17-9-6-4-5-7-9/h9,17H,3-8,15H2,1-2H3,(H,16,18). The molecule has 0 unspecified atom stereocenters. The van der Waals surface area contributed by atoms with E-state index in [0.29, 0.717) is 23.2 Å². The predicted octanol–water partition coefficient (Wildman–Crippen LogP) is 3.55. The number of nitrogen functional groups attached to an aromatic ring is 1. The second-order valence-electron chi connectivity index (χ2n) is 5.09. The average Bonchev–Trinajstić information content (AvgIpc) is 3.05. The number of carbonyl (C=O) groups excluding carboxylic acids is 1. The Hall–Kier alpha value is -0.880. The van der Waals surface area contributed by atoms with Gasteiger partial charge >= 0.3 is 0 Å². The molecule has 0 aromatic carbocycles. The van der Waals surface area contributed by atoms with Gasteiger partial charge in [0, 0.05) is 12.6 Å². The Morgan fingerprint density at radius 2 is 2.15 bits per heavy atom. The van der Waals surface area contributed by atoms with E-state index in [0.717, 1.165) is 16.3 Å². The minimum atomic E-state index is -0.0517. The first-order chi connectivity index (χ1) is 9.67. The summed E-state index contributed by atoms with van der Waals surface area (Å²) < 4.78 is 0. The van der Waals surface area contributed by atoms with E-state index >= 15 is 0 Å². The number of hydrogen-bond acceptors (Lipinski definition) is 5. The summed E-state index contributed by atoms with van der Waals surface area (Å²) in [6, 6.07) is 0.533. The third-order valence-corrected chi connectivity index (χ3v) is 5.63. The summed E-state index contributed by atoms with van der Waals surface area (Å²) in [7, 11) is 0. The molecule has 6 heteroatoms. The number of nitrogens with two attached hydrogens (primary N) is 1. The lowest BCUT2D eigenvalue weighted by molar-refractivity contribution is 0.0958. The van der Waals surface area contributed by atoms with Crippen LogP contribution in [0.1, 0.15) is 48.7 Å². The molecule has 20 heavy (non-hydrogen) atoms. The number of anilines is 2. The fourth-order valence-corrected chi connectivity index (χ4v) is 4.48. The van der Waals surface area contributed by atoms with Gasteiger partial charge in [0.1, 0.15) is 9.88 Å². The minimum absolute atomic E-state index is 0.0517. The van der Waals surface area contributed by atoms with Gasteiger partial charge in [0.05, 0.1) is 10.6 Å². The number of amides is 1. The normalized spacial score (nSPS) is 15.5. The zero-order valence-electron chi connectivity index (χ0n) is 12.1. The van der Waals surface area contributed by atoms with Gasteiger partial charge in [-0.15, -0.1) is 23.1 Å². The lowest BCUT2D eigenvalue weighted by Gasteiger charge is -2.12. The molecular formula is C14H23N3OS2.